The van der Waals surface area contributed by atoms with Gasteiger partial charge < -0.3 is 9.88 Å². The van der Waals surface area contributed by atoms with Gasteiger partial charge in [0.05, 0.1) is 0 Å². The van der Waals surface area contributed by atoms with Gasteiger partial charge in [0.25, 0.3) is 0 Å². The summed E-state index contributed by atoms with van der Waals surface area (Å²) in [5.41, 5.74) is 4.29. The summed E-state index contributed by atoms with van der Waals surface area (Å²) < 4.78 is 2.33. The second kappa shape index (κ2) is 5.58. The van der Waals surface area contributed by atoms with Crippen molar-refractivity contribution in [3.05, 3.63) is 35.5 Å². The number of nitrogens with one attached hydrogen (secondary N) is 1. The van der Waals surface area contributed by atoms with Crippen molar-refractivity contribution in [2.45, 2.75) is 26.3 Å². The number of aryl methyl sites for hydroxylation is 1. The molecule has 0 saturated carbocycles. The third-order valence-electron chi connectivity index (χ3n) is 4.80. The normalized spacial score (nSPS) is 18.6. The minimum absolute atomic E-state index is 0.613. The van der Waals surface area contributed by atoms with Crippen molar-refractivity contribution >= 4 is 10.9 Å². The average molecular weight is 271 g/mol. The molecule has 1 aromatic heterocycles. The van der Waals surface area contributed by atoms with Crippen LogP contribution in [0.4, 0.5) is 0 Å². The monoisotopic (exact) mass is 271 g/mol. The van der Waals surface area contributed by atoms with Crippen LogP contribution in [0.15, 0.2) is 24.3 Å². The van der Waals surface area contributed by atoms with Crippen molar-refractivity contribution in [3.63, 3.8) is 0 Å². The minimum Gasteiger partial charge on any atom is -0.348 e. The second-order valence-electron chi connectivity index (χ2n) is 5.98. The lowest BCUT2D eigenvalue weighted by Crippen LogP contribution is -2.48. The van der Waals surface area contributed by atoms with E-state index >= 15 is 0 Å². The molecule has 0 spiro atoms. The number of nitrogens with zero attached hydrogens (tertiary/aromatic N) is 2. The highest BCUT2D eigenvalue weighted by atomic mass is 15.2. The lowest BCUT2D eigenvalue weighted by atomic mass is 10.0. The van der Waals surface area contributed by atoms with Crippen LogP contribution >= 0.6 is 0 Å². The zero-order chi connectivity index (χ0) is 14.1. The summed E-state index contributed by atoms with van der Waals surface area (Å²) in [6, 6.07) is 9.39. The van der Waals surface area contributed by atoms with E-state index in [0.29, 0.717) is 6.04 Å². The molecule has 0 amide bonds. The first-order chi connectivity index (χ1) is 9.68. The molecule has 108 valence electrons. The summed E-state index contributed by atoms with van der Waals surface area (Å²) in [6.45, 7) is 9.21. The van der Waals surface area contributed by atoms with E-state index < -0.39 is 0 Å². The molecular formula is C17H25N3. The van der Waals surface area contributed by atoms with Crippen LogP contribution in [0.5, 0.6) is 0 Å². The van der Waals surface area contributed by atoms with E-state index in [1.165, 1.54) is 35.2 Å². The third-order valence-corrected chi connectivity index (χ3v) is 4.80. The molecule has 0 aliphatic carbocycles. The number of benzene rings is 1. The number of para-hydroxylation sites is 1. The van der Waals surface area contributed by atoms with Gasteiger partial charge in [-0.2, -0.15) is 0 Å². The first-order valence-corrected chi connectivity index (χ1v) is 7.66. The fraction of sp³-hybridized carbons (Fsp3) is 0.529. The third kappa shape index (κ3) is 2.36. The van der Waals surface area contributed by atoms with Gasteiger partial charge in [-0.05, 0) is 31.9 Å². The SMILES string of the molecule is Cc1c(CC(C)N2CCNCC2)c2ccccc2n1C. The van der Waals surface area contributed by atoms with Crippen LogP contribution in [0.25, 0.3) is 10.9 Å². The molecule has 1 atom stereocenters. The Morgan fingerprint density at radius 2 is 1.90 bits per heavy atom. The quantitative estimate of drug-likeness (QED) is 0.924. The van der Waals surface area contributed by atoms with Crippen LogP contribution in [0.3, 0.4) is 0 Å². The summed E-state index contributed by atoms with van der Waals surface area (Å²) in [4.78, 5) is 2.61. The van der Waals surface area contributed by atoms with Crippen molar-refractivity contribution in [1.82, 2.24) is 14.8 Å². The number of hydrogen-bond acceptors (Lipinski definition) is 2. The molecule has 0 radical (unpaired) electrons. The molecule has 1 saturated heterocycles. The van der Waals surface area contributed by atoms with Gasteiger partial charge in [0.15, 0.2) is 0 Å². The highest BCUT2D eigenvalue weighted by Gasteiger charge is 2.20. The van der Waals surface area contributed by atoms with E-state index in [-0.39, 0.29) is 0 Å². The standard InChI is InChI=1S/C17H25N3/c1-13(20-10-8-18-9-11-20)12-16-14(2)19(3)17-7-5-4-6-15(16)17/h4-7,13,18H,8-12H2,1-3H3. The van der Waals surface area contributed by atoms with Crippen LogP contribution in [-0.2, 0) is 13.5 Å². The maximum Gasteiger partial charge on any atom is 0.0482 e. The lowest BCUT2D eigenvalue weighted by Gasteiger charge is -2.33. The fourth-order valence-corrected chi connectivity index (χ4v) is 3.40. The number of rotatable bonds is 3. The average Bonchev–Trinajstić information content (AvgIpc) is 2.74. The van der Waals surface area contributed by atoms with Crippen LogP contribution in [0.2, 0.25) is 0 Å². The maximum absolute atomic E-state index is 3.43. The topological polar surface area (TPSA) is 20.2 Å². The van der Waals surface area contributed by atoms with Crippen LogP contribution in [0, 0.1) is 6.92 Å². The molecule has 3 rings (SSSR count). The fourth-order valence-electron chi connectivity index (χ4n) is 3.40. The molecule has 1 N–H and O–H groups in total. The molecule has 2 aromatic rings. The molecule has 1 unspecified atom stereocenters. The Balaban J connectivity index is 1.88. The van der Waals surface area contributed by atoms with Gasteiger partial charge in [-0.25, -0.2) is 0 Å². The van der Waals surface area contributed by atoms with E-state index in [1.807, 2.05) is 0 Å². The van der Waals surface area contributed by atoms with E-state index in [9.17, 15) is 0 Å². The highest BCUT2D eigenvalue weighted by molar-refractivity contribution is 5.85. The van der Waals surface area contributed by atoms with Gasteiger partial charge in [-0.1, -0.05) is 18.2 Å². The molecule has 0 bridgehead atoms. The summed E-state index contributed by atoms with van der Waals surface area (Å²) in [5.74, 6) is 0. The maximum atomic E-state index is 3.43. The molecule has 2 heterocycles. The van der Waals surface area contributed by atoms with Crippen molar-refractivity contribution in [2.24, 2.45) is 7.05 Å². The van der Waals surface area contributed by atoms with Crippen molar-refractivity contribution in [2.75, 3.05) is 26.2 Å². The van der Waals surface area contributed by atoms with E-state index in [1.54, 1.807) is 0 Å². The predicted octanol–water partition coefficient (Wildman–Crippen LogP) is 2.32. The molecular weight excluding hydrogens is 246 g/mol. The minimum atomic E-state index is 0.613. The Labute approximate surface area is 121 Å². The van der Waals surface area contributed by atoms with Gasteiger partial charge in [0, 0.05) is 55.9 Å². The van der Waals surface area contributed by atoms with Crippen LogP contribution in [0.1, 0.15) is 18.2 Å². The zero-order valence-corrected chi connectivity index (χ0v) is 12.8. The molecule has 3 heteroatoms. The van der Waals surface area contributed by atoms with Gasteiger partial charge in [-0.3, -0.25) is 4.90 Å². The Kier molecular flexibility index (Phi) is 3.81. The van der Waals surface area contributed by atoms with Crippen molar-refractivity contribution in [3.8, 4) is 0 Å². The molecule has 1 aliphatic rings. The Bertz CT molecular complexity index is 594. The number of fused-ring (bicyclic) bond motifs is 1. The van der Waals surface area contributed by atoms with Crippen LogP contribution < -0.4 is 5.32 Å². The van der Waals surface area contributed by atoms with E-state index in [0.717, 1.165) is 19.5 Å². The summed E-state index contributed by atoms with van der Waals surface area (Å²) in [5, 5.41) is 4.86. The van der Waals surface area contributed by atoms with E-state index in [2.05, 4.69) is 59.9 Å². The lowest BCUT2D eigenvalue weighted by molar-refractivity contribution is 0.183. The summed E-state index contributed by atoms with van der Waals surface area (Å²) in [7, 11) is 2.18. The van der Waals surface area contributed by atoms with Gasteiger partial charge in [-0.15, -0.1) is 0 Å². The Morgan fingerprint density at radius 3 is 2.65 bits per heavy atom. The Morgan fingerprint density at radius 1 is 1.20 bits per heavy atom. The number of hydrogen-bond donors (Lipinski definition) is 1. The molecule has 1 fully saturated rings. The number of aromatic nitrogens is 1. The number of piperazine rings is 1. The largest absolute Gasteiger partial charge is 0.348 e. The van der Waals surface area contributed by atoms with Crippen molar-refractivity contribution in [1.29, 1.82) is 0 Å². The second-order valence-corrected chi connectivity index (χ2v) is 5.98. The molecule has 20 heavy (non-hydrogen) atoms. The first kappa shape index (κ1) is 13.7. The van der Waals surface area contributed by atoms with Gasteiger partial charge >= 0.3 is 0 Å². The van der Waals surface area contributed by atoms with Gasteiger partial charge in [0.2, 0.25) is 0 Å². The van der Waals surface area contributed by atoms with Crippen molar-refractivity contribution < 1.29 is 0 Å². The van der Waals surface area contributed by atoms with Crippen LogP contribution in [-0.4, -0.2) is 41.7 Å². The van der Waals surface area contributed by atoms with Gasteiger partial charge in [0.1, 0.15) is 0 Å². The summed E-state index contributed by atoms with van der Waals surface area (Å²) >= 11 is 0. The highest BCUT2D eigenvalue weighted by Crippen LogP contribution is 2.26. The molecule has 3 nitrogen and oxygen atoms in total. The van der Waals surface area contributed by atoms with E-state index in [4.69, 9.17) is 0 Å². The summed E-state index contributed by atoms with van der Waals surface area (Å²) in [6.07, 6.45) is 1.15. The molecule has 1 aromatic carbocycles. The first-order valence-electron chi connectivity index (χ1n) is 7.66. The Hall–Kier alpha value is -1.32. The zero-order valence-electron chi connectivity index (χ0n) is 12.8. The predicted molar refractivity (Wildman–Crippen MR) is 85.3 cm³/mol. The smallest absolute Gasteiger partial charge is 0.0482 e. The molecule has 1 aliphatic heterocycles.